The van der Waals surface area contributed by atoms with Crippen molar-refractivity contribution in [1.29, 1.82) is 0 Å². The molecule has 3 N–H and O–H groups in total. The molecule has 2 rings (SSSR count). The Morgan fingerprint density at radius 3 is 2.37 bits per heavy atom. The minimum atomic E-state index is -4.76. The lowest BCUT2D eigenvalue weighted by Crippen LogP contribution is -2.40. The Labute approximate surface area is 155 Å². The van der Waals surface area contributed by atoms with Crippen molar-refractivity contribution in [2.45, 2.75) is 58.5 Å². The number of aliphatic hydroxyl groups is 2. The number of ketones is 2. The van der Waals surface area contributed by atoms with Crippen molar-refractivity contribution in [2.24, 2.45) is 5.41 Å². The van der Waals surface area contributed by atoms with Crippen molar-refractivity contribution in [3.8, 4) is 0 Å². The molecule has 0 saturated carbocycles. The molecule has 1 fully saturated rings. The van der Waals surface area contributed by atoms with Crippen LogP contribution in [0, 0.1) is 5.41 Å². The van der Waals surface area contributed by atoms with E-state index in [2.05, 4.69) is 9.26 Å². The summed E-state index contributed by atoms with van der Waals surface area (Å²) in [6, 6.07) is 0. The molecule has 27 heavy (non-hydrogen) atoms. The van der Waals surface area contributed by atoms with Crippen LogP contribution in [0.2, 0.25) is 0 Å². The number of phosphoric acid groups is 1. The monoisotopic (exact) mass is 406 g/mol. The van der Waals surface area contributed by atoms with Gasteiger partial charge >= 0.3 is 13.8 Å². The van der Waals surface area contributed by atoms with E-state index in [9.17, 15) is 34.1 Å². The maximum absolute atomic E-state index is 12.3. The van der Waals surface area contributed by atoms with Crippen LogP contribution in [0.5, 0.6) is 0 Å². The van der Waals surface area contributed by atoms with Gasteiger partial charge in [0.2, 0.25) is 0 Å². The molecule has 0 bridgehead atoms. The smallest absolute Gasteiger partial charge is 0.450 e. The van der Waals surface area contributed by atoms with E-state index in [0.717, 1.165) is 5.57 Å². The zero-order valence-corrected chi connectivity index (χ0v) is 16.3. The summed E-state index contributed by atoms with van der Waals surface area (Å²) in [5.74, 6) is -2.98. The van der Waals surface area contributed by atoms with Crippen LogP contribution in [-0.4, -0.2) is 63.7 Å². The van der Waals surface area contributed by atoms with E-state index < -0.39 is 61.8 Å². The van der Waals surface area contributed by atoms with Crippen LogP contribution in [0.4, 0.5) is 0 Å². The highest BCUT2D eigenvalue weighted by Gasteiger charge is 2.47. The van der Waals surface area contributed by atoms with Gasteiger partial charge in [-0.1, -0.05) is 19.4 Å². The molecular formula is C16H23O10P. The minimum absolute atomic E-state index is 0.166. The second-order valence-electron chi connectivity index (χ2n) is 7.31. The molecule has 1 heterocycles. The molecule has 0 aromatic heterocycles. The lowest BCUT2D eigenvalue weighted by atomic mass is 9.72. The second kappa shape index (κ2) is 7.54. The van der Waals surface area contributed by atoms with Gasteiger partial charge in [-0.2, -0.15) is 0 Å². The molecule has 152 valence electrons. The summed E-state index contributed by atoms with van der Waals surface area (Å²) >= 11 is 0. The molecule has 11 heteroatoms. The zero-order chi connectivity index (χ0) is 20.7. The summed E-state index contributed by atoms with van der Waals surface area (Å²) in [6.45, 7) is 6.29. The maximum atomic E-state index is 12.3. The maximum Gasteiger partial charge on any atom is 0.472 e. The third kappa shape index (κ3) is 4.53. The number of hydrogen-bond acceptors (Lipinski definition) is 9. The molecule has 1 saturated heterocycles. The highest BCUT2D eigenvalue weighted by atomic mass is 31.2. The fourth-order valence-electron chi connectivity index (χ4n) is 2.99. The van der Waals surface area contributed by atoms with Crippen molar-refractivity contribution >= 4 is 25.4 Å². The van der Waals surface area contributed by atoms with Gasteiger partial charge in [0, 0.05) is 0 Å². The molecule has 0 amide bonds. The first kappa shape index (κ1) is 21.9. The van der Waals surface area contributed by atoms with E-state index in [1.807, 2.05) is 20.8 Å². The van der Waals surface area contributed by atoms with Gasteiger partial charge in [-0.15, -0.1) is 0 Å². The van der Waals surface area contributed by atoms with Crippen molar-refractivity contribution in [2.75, 3.05) is 6.61 Å². The van der Waals surface area contributed by atoms with Gasteiger partial charge in [0.25, 0.3) is 5.78 Å². The number of esters is 1. The third-order valence-corrected chi connectivity index (χ3v) is 6.00. The first-order chi connectivity index (χ1) is 12.3. The average molecular weight is 406 g/mol. The number of carbonyl (C=O) groups excluding carboxylic acids is 3. The van der Waals surface area contributed by atoms with Gasteiger partial charge < -0.3 is 19.8 Å². The molecule has 2 aliphatic rings. The second-order valence-corrected chi connectivity index (χ2v) is 8.71. The van der Waals surface area contributed by atoms with E-state index in [1.165, 1.54) is 0 Å². The van der Waals surface area contributed by atoms with Gasteiger partial charge in [0.1, 0.15) is 12.2 Å². The summed E-state index contributed by atoms with van der Waals surface area (Å²) in [6.07, 6.45) is -6.30. The topological polar surface area (TPSA) is 157 Å². The summed E-state index contributed by atoms with van der Waals surface area (Å²) < 4.78 is 26.3. The summed E-state index contributed by atoms with van der Waals surface area (Å²) in [7, 11) is -4.76. The summed E-state index contributed by atoms with van der Waals surface area (Å²) in [5, 5.41) is 19.4. The fourth-order valence-corrected chi connectivity index (χ4v) is 3.88. The summed E-state index contributed by atoms with van der Waals surface area (Å²) in [4.78, 5) is 44.4. The first-order valence-electron chi connectivity index (χ1n) is 8.25. The third-order valence-electron chi connectivity index (χ3n) is 5.01. The highest BCUT2D eigenvalue weighted by molar-refractivity contribution is 7.47. The largest absolute Gasteiger partial charge is 0.472 e. The highest BCUT2D eigenvalue weighted by Crippen LogP contribution is 2.49. The van der Waals surface area contributed by atoms with Gasteiger partial charge in [0.15, 0.2) is 18.0 Å². The number of rotatable bonds is 6. The molecular weight excluding hydrogens is 383 g/mol. The Morgan fingerprint density at radius 1 is 1.26 bits per heavy atom. The number of Topliss-reactive ketones (excluding diaryl/α,β-unsaturated/α-hetero) is 2. The SMILES string of the molecule is CC1=C(C)C(C)(C)CC(OP(=O)(O)OC[C@H](O)[C@H]2OC(=O)C(=O)C2O)C1=O. The van der Waals surface area contributed by atoms with Gasteiger partial charge in [-0.05, 0) is 31.3 Å². The molecule has 5 atom stereocenters. The van der Waals surface area contributed by atoms with Crippen molar-refractivity contribution in [1.82, 2.24) is 0 Å². The molecule has 0 aromatic carbocycles. The van der Waals surface area contributed by atoms with Gasteiger partial charge in [0.05, 0.1) is 6.61 Å². The quantitative estimate of drug-likeness (QED) is 0.312. The van der Waals surface area contributed by atoms with Crippen LogP contribution >= 0.6 is 7.82 Å². The number of carbonyl (C=O) groups is 3. The lowest BCUT2D eigenvalue weighted by Gasteiger charge is -2.36. The Morgan fingerprint density at radius 2 is 1.85 bits per heavy atom. The van der Waals surface area contributed by atoms with Crippen LogP contribution in [0.3, 0.4) is 0 Å². The van der Waals surface area contributed by atoms with Crippen LogP contribution < -0.4 is 0 Å². The number of cyclic esters (lactones) is 1. The molecule has 0 radical (unpaired) electrons. The van der Waals surface area contributed by atoms with Crippen LogP contribution in [0.15, 0.2) is 11.1 Å². The van der Waals surface area contributed by atoms with E-state index >= 15 is 0 Å². The molecule has 0 aromatic rings. The average Bonchev–Trinajstić information content (AvgIpc) is 2.83. The van der Waals surface area contributed by atoms with Crippen LogP contribution in [0.1, 0.15) is 34.1 Å². The minimum Gasteiger partial charge on any atom is -0.450 e. The number of hydrogen-bond donors (Lipinski definition) is 3. The van der Waals surface area contributed by atoms with Crippen LogP contribution in [0.25, 0.3) is 0 Å². The summed E-state index contributed by atoms with van der Waals surface area (Å²) in [5.41, 5.74) is 0.874. The molecule has 1 aliphatic carbocycles. The number of ether oxygens (including phenoxy) is 1. The molecule has 1 aliphatic heterocycles. The van der Waals surface area contributed by atoms with Crippen molar-refractivity contribution < 1.29 is 47.8 Å². The predicted octanol–water partition coefficient (Wildman–Crippen LogP) is 0.0403. The Bertz CT molecular complexity index is 739. The van der Waals surface area contributed by atoms with E-state index in [1.54, 1.807) is 6.92 Å². The zero-order valence-electron chi connectivity index (χ0n) is 15.4. The van der Waals surface area contributed by atoms with Crippen molar-refractivity contribution in [3.05, 3.63) is 11.1 Å². The van der Waals surface area contributed by atoms with E-state index in [-0.39, 0.29) is 6.42 Å². The van der Waals surface area contributed by atoms with E-state index in [0.29, 0.717) is 5.57 Å². The lowest BCUT2D eigenvalue weighted by molar-refractivity contribution is -0.152. The number of allylic oxidation sites excluding steroid dienone is 1. The normalized spacial score (nSPS) is 31.7. The predicted molar refractivity (Wildman–Crippen MR) is 89.3 cm³/mol. The van der Waals surface area contributed by atoms with Gasteiger partial charge in [-0.3, -0.25) is 18.6 Å². The number of aliphatic hydroxyl groups excluding tert-OH is 2. The Hall–Kier alpha value is -1.42. The first-order valence-corrected chi connectivity index (χ1v) is 9.75. The van der Waals surface area contributed by atoms with Gasteiger partial charge in [-0.25, -0.2) is 9.36 Å². The standard InChI is InChI=1S/C16H23O10P/c1-7-8(2)16(3,4)5-10(11(7)18)26-27(22,23)24-6-9(17)14-12(19)13(20)15(21)25-14/h9-10,12,14,17,19H,5-6H2,1-4H3,(H,22,23)/t9-,10?,12?,14+/m0/s1. The Kier molecular flexibility index (Phi) is 6.11. The molecule has 0 spiro atoms. The number of phosphoric ester groups is 1. The van der Waals surface area contributed by atoms with E-state index in [4.69, 9.17) is 4.52 Å². The molecule has 10 nitrogen and oxygen atoms in total. The van der Waals surface area contributed by atoms with Crippen molar-refractivity contribution in [3.63, 3.8) is 0 Å². The molecule has 3 unspecified atom stereocenters. The Balaban J connectivity index is 1.99. The van der Waals surface area contributed by atoms with Crippen LogP contribution in [-0.2, 0) is 32.7 Å². The fraction of sp³-hybridized carbons (Fsp3) is 0.688.